The average Bonchev–Trinajstić information content (AvgIpc) is 3.34. The zero-order chi connectivity index (χ0) is 19.7. The fourth-order valence-electron chi connectivity index (χ4n) is 4.49. The molecule has 3 nitrogen and oxygen atoms in total. The summed E-state index contributed by atoms with van der Waals surface area (Å²) < 4.78 is 29.3. The molecule has 0 radical (unpaired) electrons. The molecule has 1 fully saturated rings. The molecule has 1 saturated carbocycles. The van der Waals surface area contributed by atoms with Gasteiger partial charge in [0.25, 0.3) is 0 Å². The third-order valence-corrected chi connectivity index (χ3v) is 6.04. The molecule has 4 rings (SSSR count). The number of nitrogens with zero attached hydrogens (tertiary/aromatic N) is 3. The van der Waals surface area contributed by atoms with Crippen LogP contribution in [0, 0.1) is 11.3 Å². The Balaban J connectivity index is 1.99. The molecule has 0 bridgehead atoms. The van der Waals surface area contributed by atoms with Crippen molar-refractivity contribution in [3.05, 3.63) is 52.7 Å². The maximum atomic E-state index is 13.6. The highest BCUT2D eigenvalue weighted by molar-refractivity contribution is 6.31. The Kier molecular flexibility index (Phi) is 5.41. The van der Waals surface area contributed by atoms with Crippen LogP contribution in [0.15, 0.2) is 36.4 Å². The molecule has 2 aromatic rings. The molecule has 0 N–H and O–H groups in total. The number of aromatic nitrogens is 1. The van der Waals surface area contributed by atoms with Crippen LogP contribution < -0.4 is 0 Å². The van der Waals surface area contributed by atoms with Crippen molar-refractivity contribution in [3.8, 4) is 6.07 Å². The second-order valence-corrected chi connectivity index (χ2v) is 7.84. The number of alkyl halides is 2. The Morgan fingerprint density at radius 1 is 1.21 bits per heavy atom. The smallest absolute Gasteiger partial charge is 0.112 e. The van der Waals surface area contributed by atoms with E-state index in [9.17, 15) is 14.0 Å². The summed E-state index contributed by atoms with van der Waals surface area (Å²) in [4.78, 5) is 1.74. The minimum Gasteiger partial charge on any atom is -0.358 e. The van der Waals surface area contributed by atoms with Crippen LogP contribution in [0.25, 0.3) is 16.6 Å². The van der Waals surface area contributed by atoms with Crippen molar-refractivity contribution in [3.63, 3.8) is 0 Å². The molecule has 0 spiro atoms. The highest BCUT2D eigenvalue weighted by Crippen LogP contribution is 2.41. The fraction of sp³-hybridized carbons (Fsp3) is 0.409. The number of allylic oxidation sites excluding steroid dienone is 2. The zero-order valence-corrected chi connectivity index (χ0v) is 16.3. The monoisotopic (exact) mass is 401 g/mol. The molecular weight excluding hydrogens is 380 g/mol. The number of hydrogen-bond donors (Lipinski definition) is 0. The van der Waals surface area contributed by atoms with E-state index >= 15 is 0 Å². The van der Waals surface area contributed by atoms with Gasteiger partial charge >= 0.3 is 0 Å². The molecule has 1 aliphatic heterocycles. The summed E-state index contributed by atoms with van der Waals surface area (Å²) in [5, 5.41) is 11.4. The van der Waals surface area contributed by atoms with E-state index in [1.807, 2.05) is 30.4 Å². The summed E-state index contributed by atoms with van der Waals surface area (Å²) in [6.45, 7) is -1.14. The molecule has 1 aromatic heterocycles. The molecule has 0 atom stereocenters. The van der Waals surface area contributed by atoms with E-state index in [2.05, 4.69) is 10.6 Å². The molecule has 0 unspecified atom stereocenters. The summed E-state index contributed by atoms with van der Waals surface area (Å²) in [7, 11) is 0. The number of halogens is 3. The highest BCUT2D eigenvalue weighted by Gasteiger charge is 2.31. The maximum Gasteiger partial charge on any atom is 0.112 e. The first kappa shape index (κ1) is 19.0. The van der Waals surface area contributed by atoms with E-state index in [-0.39, 0.29) is 6.04 Å². The largest absolute Gasteiger partial charge is 0.358 e. The molecule has 0 saturated heterocycles. The minimum absolute atomic E-state index is 0.251. The van der Waals surface area contributed by atoms with Crippen molar-refractivity contribution >= 4 is 28.2 Å². The van der Waals surface area contributed by atoms with Crippen molar-refractivity contribution in [1.29, 1.82) is 5.26 Å². The Hall–Kier alpha value is -2.32. The van der Waals surface area contributed by atoms with Gasteiger partial charge in [-0.2, -0.15) is 5.26 Å². The Labute approximate surface area is 168 Å². The van der Waals surface area contributed by atoms with Gasteiger partial charge in [-0.25, -0.2) is 8.78 Å². The van der Waals surface area contributed by atoms with Crippen LogP contribution in [-0.4, -0.2) is 35.4 Å². The van der Waals surface area contributed by atoms with Crippen molar-refractivity contribution in [2.24, 2.45) is 0 Å². The van der Waals surface area contributed by atoms with E-state index in [4.69, 9.17) is 11.6 Å². The third kappa shape index (κ3) is 3.10. The van der Waals surface area contributed by atoms with Gasteiger partial charge in [0, 0.05) is 23.0 Å². The summed E-state index contributed by atoms with van der Waals surface area (Å²) >= 11 is 6.28. The van der Waals surface area contributed by atoms with E-state index in [1.54, 1.807) is 11.0 Å². The number of benzene rings is 1. The SMILES string of the molecule is N#Cc1c(C2=CC=CCN2C(CF)CF)n(C2CCCC2)c2cc(Cl)ccc12. The first-order valence-corrected chi connectivity index (χ1v) is 10.1. The van der Waals surface area contributed by atoms with Gasteiger partial charge in [0.2, 0.25) is 0 Å². The van der Waals surface area contributed by atoms with Crippen LogP contribution in [0.3, 0.4) is 0 Å². The lowest BCUT2D eigenvalue weighted by molar-refractivity contribution is 0.211. The van der Waals surface area contributed by atoms with Crippen molar-refractivity contribution in [2.45, 2.75) is 37.8 Å². The van der Waals surface area contributed by atoms with E-state index < -0.39 is 19.4 Å². The number of hydrogen-bond acceptors (Lipinski definition) is 2. The normalized spacial score (nSPS) is 17.5. The first-order chi connectivity index (χ1) is 13.7. The van der Waals surface area contributed by atoms with Crippen molar-refractivity contribution in [1.82, 2.24) is 9.47 Å². The van der Waals surface area contributed by atoms with Gasteiger partial charge in [-0.05, 0) is 37.1 Å². The average molecular weight is 402 g/mol. The van der Waals surface area contributed by atoms with E-state index in [0.717, 1.165) is 42.3 Å². The summed E-state index contributed by atoms with van der Waals surface area (Å²) in [5.74, 6) is 0. The van der Waals surface area contributed by atoms with Gasteiger partial charge in [0.1, 0.15) is 19.4 Å². The first-order valence-electron chi connectivity index (χ1n) is 9.69. The topological polar surface area (TPSA) is 32.0 Å². The lowest BCUT2D eigenvalue weighted by atomic mass is 10.1. The van der Waals surface area contributed by atoms with Gasteiger partial charge in [-0.1, -0.05) is 36.6 Å². The van der Waals surface area contributed by atoms with Gasteiger partial charge in [-0.3, -0.25) is 0 Å². The van der Waals surface area contributed by atoms with Gasteiger partial charge in [0.05, 0.1) is 28.5 Å². The van der Waals surface area contributed by atoms with Gasteiger partial charge in [-0.15, -0.1) is 0 Å². The molecule has 1 aromatic carbocycles. The molecule has 1 aliphatic carbocycles. The van der Waals surface area contributed by atoms with Crippen LogP contribution in [0.1, 0.15) is 43.0 Å². The van der Waals surface area contributed by atoms with Gasteiger partial charge in [0.15, 0.2) is 0 Å². The molecule has 0 amide bonds. The molecule has 2 aliphatic rings. The third-order valence-electron chi connectivity index (χ3n) is 5.81. The standard InChI is InChI=1S/C22H22ClF2N3/c23-15-8-9-18-19(14-26)22(28(21(18)11-15)16-5-1-2-6-16)20-7-3-4-10-27(20)17(12-24)13-25/h3-4,7-9,11,16-17H,1-2,5-6,10,12-13H2. The Morgan fingerprint density at radius 2 is 1.96 bits per heavy atom. The van der Waals surface area contributed by atoms with Crippen LogP contribution in [0.2, 0.25) is 5.02 Å². The molecule has 6 heteroatoms. The fourth-order valence-corrected chi connectivity index (χ4v) is 4.65. The maximum absolute atomic E-state index is 13.6. The predicted molar refractivity (Wildman–Crippen MR) is 109 cm³/mol. The van der Waals surface area contributed by atoms with E-state index in [1.165, 1.54) is 0 Å². The predicted octanol–water partition coefficient (Wildman–Crippen LogP) is 5.80. The van der Waals surface area contributed by atoms with Crippen molar-refractivity contribution < 1.29 is 8.78 Å². The van der Waals surface area contributed by atoms with Crippen LogP contribution in [0.5, 0.6) is 0 Å². The molecule has 28 heavy (non-hydrogen) atoms. The van der Waals surface area contributed by atoms with Crippen LogP contribution >= 0.6 is 11.6 Å². The van der Waals surface area contributed by atoms with Crippen LogP contribution in [-0.2, 0) is 0 Å². The number of fused-ring (bicyclic) bond motifs is 1. The van der Waals surface area contributed by atoms with Gasteiger partial charge < -0.3 is 9.47 Å². The minimum atomic E-state index is -0.860. The Bertz CT molecular complexity index is 976. The highest BCUT2D eigenvalue weighted by atomic mass is 35.5. The number of nitriles is 1. The Morgan fingerprint density at radius 3 is 2.64 bits per heavy atom. The second-order valence-electron chi connectivity index (χ2n) is 7.40. The number of rotatable bonds is 5. The summed E-state index contributed by atoms with van der Waals surface area (Å²) in [6.07, 6.45) is 9.94. The summed E-state index contributed by atoms with van der Waals surface area (Å²) in [6, 6.07) is 7.29. The lowest BCUT2D eigenvalue weighted by Crippen LogP contribution is -2.39. The summed E-state index contributed by atoms with van der Waals surface area (Å²) in [5.41, 5.74) is 2.92. The zero-order valence-electron chi connectivity index (χ0n) is 15.5. The quantitative estimate of drug-likeness (QED) is 0.634. The van der Waals surface area contributed by atoms with E-state index in [0.29, 0.717) is 22.8 Å². The van der Waals surface area contributed by atoms with Crippen LogP contribution in [0.4, 0.5) is 8.78 Å². The molecular formula is C22H22ClF2N3. The molecule has 2 heterocycles. The lowest BCUT2D eigenvalue weighted by Gasteiger charge is -2.34. The second kappa shape index (κ2) is 7.97. The van der Waals surface area contributed by atoms with Crippen molar-refractivity contribution in [2.75, 3.05) is 19.9 Å². The molecule has 146 valence electrons.